The Morgan fingerprint density at radius 1 is 1.20 bits per heavy atom. The lowest BCUT2D eigenvalue weighted by atomic mass is 10.2. The van der Waals surface area contributed by atoms with Crippen LogP contribution in [-0.4, -0.2) is 26.4 Å². The minimum Gasteiger partial charge on any atom is -0.486 e. The van der Waals surface area contributed by atoms with E-state index in [1.165, 1.54) is 11.8 Å². The van der Waals surface area contributed by atoms with Gasteiger partial charge in [-0.15, -0.1) is 16.8 Å². The number of hydrogen-bond donors (Lipinski definition) is 1. The van der Waals surface area contributed by atoms with Crippen molar-refractivity contribution >= 4 is 46.6 Å². The molecule has 3 aromatic rings. The van der Waals surface area contributed by atoms with Crippen molar-refractivity contribution < 1.29 is 9.53 Å². The van der Waals surface area contributed by atoms with E-state index in [9.17, 15) is 4.79 Å². The molecule has 1 aromatic heterocycles. The van der Waals surface area contributed by atoms with Gasteiger partial charge in [0.15, 0.2) is 11.0 Å². The summed E-state index contributed by atoms with van der Waals surface area (Å²) in [5.41, 5.74) is 1.63. The van der Waals surface area contributed by atoms with Crippen LogP contribution in [0.1, 0.15) is 11.4 Å². The van der Waals surface area contributed by atoms with Gasteiger partial charge in [0.25, 0.3) is 0 Å². The molecule has 0 unspecified atom stereocenters. The van der Waals surface area contributed by atoms with Crippen LogP contribution in [0.25, 0.3) is 0 Å². The first-order valence-electron chi connectivity index (χ1n) is 9.06. The largest absolute Gasteiger partial charge is 0.486 e. The van der Waals surface area contributed by atoms with Crippen molar-refractivity contribution in [2.45, 2.75) is 25.2 Å². The fraction of sp³-hybridized carbons (Fsp3) is 0.190. The van der Waals surface area contributed by atoms with Crippen LogP contribution < -0.4 is 10.1 Å². The zero-order valence-corrected chi connectivity index (χ0v) is 18.6. The van der Waals surface area contributed by atoms with Crippen molar-refractivity contribution in [1.29, 1.82) is 0 Å². The summed E-state index contributed by atoms with van der Waals surface area (Å²) in [6.07, 6.45) is 1.75. The third kappa shape index (κ3) is 6.01. The average molecular weight is 463 g/mol. The predicted molar refractivity (Wildman–Crippen MR) is 122 cm³/mol. The van der Waals surface area contributed by atoms with Crippen molar-refractivity contribution in [1.82, 2.24) is 14.8 Å². The fourth-order valence-corrected chi connectivity index (χ4v) is 3.73. The first-order chi connectivity index (χ1) is 14.5. The van der Waals surface area contributed by atoms with Gasteiger partial charge in [0, 0.05) is 22.3 Å². The van der Waals surface area contributed by atoms with Gasteiger partial charge < -0.3 is 10.1 Å². The number of halogens is 2. The molecule has 0 saturated carbocycles. The molecule has 0 saturated heterocycles. The summed E-state index contributed by atoms with van der Waals surface area (Å²) in [6.45, 7) is 6.42. The number of anilines is 1. The minimum atomic E-state index is -0.141. The quantitative estimate of drug-likeness (QED) is 0.341. The maximum atomic E-state index is 12.4. The van der Waals surface area contributed by atoms with Gasteiger partial charge in [-0.1, -0.05) is 41.0 Å². The van der Waals surface area contributed by atoms with Crippen LogP contribution in [0.4, 0.5) is 5.69 Å². The number of carbonyl (C=O) groups is 1. The van der Waals surface area contributed by atoms with Gasteiger partial charge in [0.2, 0.25) is 5.91 Å². The molecular weight excluding hydrogens is 443 g/mol. The lowest BCUT2D eigenvalue weighted by Gasteiger charge is -2.10. The predicted octanol–water partition coefficient (Wildman–Crippen LogP) is 5.39. The number of aromatic nitrogens is 3. The number of amides is 1. The Labute approximate surface area is 189 Å². The monoisotopic (exact) mass is 462 g/mol. The standard InChI is InChI=1S/C21H20Cl2N4O2S/c1-3-10-27-19(12-29-17-7-4-15(22)5-8-17)25-26-21(27)30-13-20(28)24-18-9-6-16(23)11-14(18)2/h3-9,11H,1,10,12-13H2,2H3,(H,24,28). The molecule has 0 aliphatic heterocycles. The molecule has 0 aliphatic rings. The Morgan fingerprint density at radius 3 is 2.63 bits per heavy atom. The van der Waals surface area contributed by atoms with Crippen LogP contribution in [0.3, 0.4) is 0 Å². The van der Waals surface area contributed by atoms with Gasteiger partial charge in [0.1, 0.15) is 12.4 Å². The molecular formula is C21H20Cl2N4O2S. The number of allylic oxidation sites excluding steroid dienone is 1. The number of rotatable bonds is 9. The van der Waals surface area contributed by atoms with E-state index in [0.29, 0.717) is 33.3 Å². The lowest BCUT2D eigenvalue weighted by Crippen LogP contribution is -2.15. The lowest BCUT2D eigenvalue weighted by molar-refractivity contribution is -0.113. The molecule has 0 bridgehead atoms. The second-order valence-electron chi connectivity index (χ2n) is 6.34. The molecule has 1 N–H and O–H groups in total. The molecule has 2 aromatic carbocycles. The smallest absolute Gasteiger partial charge is 0.234 e. The molecule has 0 atom stereocenters. The normalized spacial score (nSPS) is 10.6. The third-order valence-corrected chi connectivity index (χ3v) is 5.54. The molecule has 156 valence electrons. The molecule has 1 amide bonds. The highest BCUT2D eigenvalue weighted by molar-refractivity contribution is 7.99. The van der Waals surface area contributed by atoms with Crippen molar-refractivity contribution in [2.75, 3.05) is 11.1 Å². The number of hydrogen-bond acceptors (Lipinski definition) is 5. The minimum absolute atomic E-state index is 0.141. The highest BCUT2D eigenvalue weighted by atomic mass is 35.5. The number of aryl methyl sites for hydroxylation is 1. The highest BCUT2D eigenvalue weighted by Gasteiger charge is 2.14. The molecule has 6 nitrogen and oxygen atoms in total. The second kappa shape index (κ2) is 10.5. The first kappa shape index (κ1) is 22.2. The summed E-state index contributed by atoms with van der Waals surface area (Å²) in [7, 11) is 0. The number of nitrogens with zero attached hydrogens (tertiary/aromatic N) is 3. The number of thioether (sulfide) groups is 1. The molecule has 0 radical (unpaired) electrons. The second-order valence-corrected chi connectivity index (χ2v) is 8.15. The van der Waals surface area contributed by atoms with Crippen LogP contribution in [0.5, 0.6) is 5.75 Å². The van der Waals surface area contributed by atoms with E-state index >= 15 is 0 Å². The zero-order chi connectivity index (χ0) is 21.5. The van der Waals surface area contributed by atoms with E-state index in [-0.39, 0.29) is 18.3 Å². The van der Waals surface area contributed by atoms with Crippen LogP contribution >= 0.6 is 35.0 Å². The van der Waals surface area contributed by atoms with E-state index in [1.54, 1.807) is 48.5 Å². The van der Waals surface area contributed by atoms with Crippen molar-refractivity contribution in [2.24, 2.45) is 0 Å². The Kier molecular flexibility index (Phi) is 7.79. The van der Waals surface area contributed by atoms with Gasteiger partial charge in [-0.05, 0) is 55.0 Å². The van der Waals surface area contributed by atoms with E-state index in [1.807, 2.05) is 11.5 Å². The first-order valence-corrected chi connectivity index (χ1v) is 10.8. The molecule has 30 heavy (non-hydrogen) atoms. The zero-order valence-electron chi connectivity index (χ0n) is 16.3. The van der Waals surface area contributed by atoms with Crippen LogP contribution in [0, 0.1) is 6.92 Å². The molecule has 0 fully saturated rings. The van der Waals surface area contributed by atoms with Crippen LogP contribution in [-0.2, 0) is 17.9 Å². The van der Waals surface area contributed by atoms with Gasteiger partial charge in [-0.2, -0.15) is 0 Å². The number of nitrogens with one attached hydrogen (secondary N) is 1. The molecule has 0 spiro atoms. The van der Waals surface area contributed by atoms with Gasteiger partial charge >= 0.3 is 0 Å². The summed E-state index contributed by atoms with van der Waals surface area (Å²) in [4.78, 5) is 12.4. The van der Waals surface area contributed by atoms with E-state index in [4.69, 9.17) is 27.9 Å². The van der Waals surface area contributed by atoms with Gasteiger partial charge in [0.05, 0.1) is 5.75 Å². The maximum Gasteiger partial charge on any atom is 0.234 e. The Morgan fingerprint density at radius 2 is 1.93 bits per heavy atom. The molecule has 9 heteroatoms. The summed E-state index contributed by atoms with van der Waals surface area (Å²) in [6, 6.07) is 12.4. The molecule has 0 aliphatic carbocycles. The molecule has 1 heterocycles. The summed E-state index contributed by atoms with van der Waals surface area (Å²) in [5, 5.41) is 13.2. The summed E-state index contributed by atoms with van der Waals surface area (Å²) < 4.78 is 7.63. The summed E-state index contributed by atoms with van der Waals surface area (Å²) in [5.74, 6) is 1.37. The Bertz CT molecular complexity index is 1040. The Balaban J connectivity index is 1.61. The summed E-state index contributed by atoms with van der Waals surface area (Å²) >= 11 is 13.1. The highest BCUT2D eigenvalue weighted by Crippen LogP contribution is 2.22. The number of benzene rings is 2. The van der Waals surface area contributed by atoms with Crippen molar-refractivity contribution in [3.63, 3.8) is 0 Å². The fourth-order valence-electron chi connectivity index (χ4n) is 2.61. The van der Waals surface area contributed by atoms with Gasteiger partial charge in [-0.25, -0.2) is 0 Å². The SMILES string of the molecule is C=CCn1c(COc2ccc(Cl)cc2)nnc1SCC(=O)Nc1ccc(Cl)cc1C. The number of carbonyl (C=O) groups excluding carboxylic acids is 1. The van der Waals surface area contributed by atoms with Crippen LogP contribution in [0.15, 0.2) is 60.3 Å². The molecule has 3 rings (SSSR count). The Hall–Kier alpha value is -2.48. The maximum absolute atomic E-state index is 12.4. The van der Waals surface area contributed by atoms with Crippen molar-refractivity contribution in [3.8, 4) is 5.75 Å². The van der Waals surface area contributed by atoms with Gasteiger partial charge in [-0.3, -0.25) is 9.36 Å². The van der Waals surface area contributed by atoms with Crippen LogP contribution in [0.2, 0.25) is 10.0 Å². The van der Waals surface area contributed by atoms with E-state index < -0.39 is 0 Å². The topological polar surface area (TPSA) is 69.0 Å². The van der Waals surface area contributed by atoms with E-state index in [2.05, 4.69) is 22.1 Å². The van der Waals surface area contributed by atoms with E-state index in [0.717, 1.165) is 11.3 Å². The number of ether oxygens (including phenoxy) is 1. The third-order valence-electron chi connectivity index (χ3n) is 4.08. The van der Waals surface area contributed by atoms with Crippen molar-refractivity contribution in [3.05, 3.63) is 76.6 Å². The average Bonchev–Trinajstić information content (AvgIpc) is 3.10.